The number of β-lactam (4-membered cyclic amide) rings is 1. The van der Waals surface area contributed by atoms with Gasteiger partial charge in [-0.05, 0) is 51.0 Å². The monoisotopic (exact) mass is 395 g/mol. The van der Waals surface area contributed by atoms with Crippen molar-refractivity contribution < 1.29 is 19.4 Å². The Labute approximate surface area is 172 Å². The summed E-state index contributed by atoms with van der Waals surface area (Å²) >= 11 is 0. The highest BCUT2D eigenvalue weighted by Crippen LogP contribution is 2.49. The Kier molecular flexibility index (Phi) is 5.54. The number of rotatable bonds is 6. The van der Waals surface area contributed by atoms with Crippen molar-refractivity contribution in [3.05, 3.63) is 71.3 Å². The van der Waals surface area contributed by atoms with Gasteiger partial charge in [-0.25, -0.2) is 4.79 Å². The van der Waals surface area contributed by atoms with Gasteiger partial charge in [-0.15, -0.1) is 0 Å². The summed E-state index contributed by atoms with van der Waals surface area (Å²) in [7, 11) is 0. The molecule has 0 bridgehead atoms. The second-order valence-corrected chi connectivity index (χ2v) is 8.53. The Morgan fingerprint density at radius 2 is 1.62 bits per heavy atom. The molecule has 1 N–H and O–H groups in total. The lowest BCUT2D eigenvalue weighted by Crippen LogP contribution is -2.79. The second kappa shape index (κ2) is 7.64. The summed E-state index contributed by atoms with van der Waals surface area (Å²) in [6, 6.07) is 16.3. The van der Waals surface area contributed by atoms with Gasteiger partial charge < -0.3 is 14.7 Å². The SMILES string of the molecule is CC(C)N1C(=O)[C@](O)(c2ccc(C(=O)OC[C@H](C)c3ccccc3)cc2)C1(C)C. The fourth-order valence-corrected chi connectivity index (χ4v) is 4.18. The van der Waals surface area contributed by atoms with Gasteiger partial charge in [0.2, 0.25) is 0 Å². The number of benzene rings is 2. The molecule has 29 heavy (non-hydrogen) atoms. The molecule has 154 valence electrons. The Hall–Kier alpha value is -2.66. The number of aliphatic hydroxyl groups is 1. The molecule has 0 saturated carbocycles. The van der Waals surface area contributed by atoms with Gasteiger partial charge in [0.25, 0.3) is 5.91 Å². The largest absolute Gasteiger partial charge is 0.461 e. The highest BCUT2D eigenvalue weighted by molar-refractivity contribution is 5.96. The van der Waals surface area contributed by atoms with Crippen molar-refractivity contribution in [3.8, 4) is 0 Å². The first-order chi connectivity index (χ1) is 13.6. The molecule has 2 aromatic carbocycles. The van der Waals surface area contributed by atoms with E-state index in [-0.39, 0.29) is 24.5 Å². The number of hydrogen-bond donors (Lipinski definition) is 1. The zero-order valence-corrected chi connectivity index (χ0v) is 17.7. The lowest BCUT2D eigenvalue weighted by Gasteiger charge is -2.61. The zero-order chi connectivity index (χ0) is 21.4. The molecule has 0 radical (unpaired) electrons. The molecule has 5 nitrogen and oxygen atoms in total. The Morgan fingerprint density at radius 3 is 2.14 bits per heavy atom. The number of carbonyl (C=O) groups is 2. The summed E-state index contributed by atoms with van der Waals surface area (Å²) < 4.78 is 5.44. The third-order valence-corrected chi connectivity index (χ3v) is 5.90. The van der Waals surface area contributed by atoms with Crippen molar-refractivity contribution in [2.45, 2.75) is 57.7 Å². The third kappa shape index (κ3) is 3.44. The topological polar surface area (TPSA) is 66.8 Å². The second-order valence-electron chi connectivity index (χ2n) is 8.53. The van der Waals surface area contributed by atoms with Gasteiger partial charge >= 0.3 is 5.97 Å². The van der Waals surface area contributed by atoms with Crippen molar-refractivity contribution in [2.24, 2.45) is 0 Å². The maximum atomic E-state index is 12.7. The average Bonchev–Trinajstić information content (AvgIpc) is 2.71. The predicted octanol–water partition coefficient (Wildman–Crippen LogP) is 3.86. The number of esters is 1. The lowest BCUT2D eigenvalue weighted by atomic mass is 9.66. The Balaban J connectivity index is 1.69. The van der Waals surface area contributed by atoms with Gasteiger partial charge in [-0.1, -0.05) is 49.4 Å². The maximum absolute atomic E-state index is 12.7. The number of amides is 1. The van der Waals surface area contributed by atoms with Crippen LogP contribution in [0.5, 0.6) is 0 Å². The van der Waals surface area contributed by atoms with Crippen LogP contribution in [-0.2, 0) is 15.1 Å². The first-order valence-corrected chi connectivity index (χ1v) is 9.99. The van der Waals surface area contributed by atoms with Gasteiger partial charge in [0.15, 0.2) is 5.60 Å². The van der Waals surface area contributed by atoms with Crippen LogP contribution >= 0.6 is 0 Å². The van der Waals surface area contributed by atoms with Crippen LogP contribution in [0.15, 0.2) is 54.6 Å². The summed E-state index contributed by atoms with van der Waals surface area (Å²) in [5, 5.41) is 11.1. The number of ether oxygens (including phenoxy) is 1. The van der Waals surface area contributed by atoms with E-state index in [4.69, 9.17) is 4.74 Å². The molecular weight excluding hydrogens is 366 g/mol. The molecule has 3 rings (SSSR count). The molecule has 0 unspecified atom stereocenters. The molecule has 0 spiro atoms. The van der Waals surface area contributed by atoms with E-state index in [1.165, 1.54) is 0 Å². The van der Waals surface area contributed by atoms with Crippen LogP contribution in [-0.4, -0.2) is 40.1 Å². The van der Waals surface area contributed by atoms with Crippen LogP contribution in [0, 0.1) is 0 Å². The summed E-state index contributed by atoms with van der Waals surface area (Å²) in [6.45, 7) is 9.84. The molecular formula is C24H29NO4. The van der Waals surface area contributed by atoms with E-state index >= 15 is 0 Å². The first-order valence-electron chi connectivity index (χ1n) is 9.99. The van der Waals surface area contributed by atoms with Crippen LogP contribution in [0.2, 0.25) is 0 Å². The molecule has 1 aliphatic heterocycles. The standard InChI is InChI=1S/C24H29NO4/c1-16(2)25-22(27)24(28,23(25,4)5)20-13-11-19(12-14-20)21(26)29-15-17(3)18-9-7-6-8-10-18/h6-14,16-17,28H,15H2,1-5H3/t17-,24+/m0/s1. The predicted molar refractivity (Wildman–Crippen MR) is 112 cm³/mol. The lowest BCUT2D eigenvalue weighted by molar-refractivity contribution is -0.221. The summed E-state index contributed by atoms with van der Waals surface area (Å²) in [5.41, 5.74) is -0.341. The zero-order valence-electron chi connectivity index (χ0n) is 17.7. The average molecular weight is 395 g/mol. The van der Waals surface area contributed by atoms with Crippen molar-refractivity contribution in [1.29, 1.82) is 0 Å². The molecule has 2 atom stereocenters. The van der Waals surface area contributed by atoms with Crippen LogP contribution < -0.4 is 0 Å². The fraction of sp³-hybridized carbons (Fsp3) is 0.417. The highest BCUT2D eigenvalue weighted by Gasteiger charge is 2.67. The maximum Gasteiger partial charge on any atom is 0.338 e. The van der Waals surface area contributed by atoms with Crippen molar-refractivity contribution in [3.63, 3.8) is 0 Å². The van der Waals surface area contributed by atoms with Crippen molar-refractivity contribution in [2.75, 3.05) is 6.61 Å². The van der Waals surface area contributed by atoms with Gasteiger partial charge in [0.1, 0.15) is 0 Å². The Morgan fingerprint density at radius 1 is 1.03 bits per heavy atom. The number of carbonyl (C=O) groups excluding carboxylic acids is 2. The smallest absolute Gasteiger partial charge is 0.338 e. The molecule has 5 heteroatoms. The molecule has 1 amide bonds. The quantitative estimate of drug-likeness (QED) is 0.596. The van der Waals surface area contributed by atoms with E-state index in [1.807, 2.05) is 65.0 Å². The van der Waals surface area contributed by atoms with Gasteiger partial charge in [-0.2, -0.15) is 0 Å². The minimum atomic E-state index is -1.60. The molecule has 2 aromatic rings. The summed E-state index contributed by atoms with van der Waals surface area (Å²) in [5.74, 6) is -0.644. The van der Waals surface area contributed by atoms with Gasteiger partial charge in [0.05, 0.1) is 17.7 Å². The van der Waals surface area contributed by atoms with Crippen LogP contribution in [0.25, 0.3) is 0 Å². The van der Waals surface area contributed by atoms with E-state index in [2.05, 4.69) is 0 Å². The first kappa shape index (κ1) is 21.1. The van der Waals surface area contributed by atoms with E-state index in [9.17, 15) is 14.7 Å². The number of likely N-dealkylation sites (tertiary alicyclic amines) is 1. The number of hydrogen-bond acceptors (Lipinski definition) is 4. The minimum Gasteiger partial charge on any atom is -0.461 e. The van der Waals surface area contributed by atoms with Crippen molar-refractivity contribution >= 4 is 11.9 Å². The molecule has 1 heterocycles. The fourth-order valence-electron chi connectivity index (χ4n) is 4.18. The third-order valence-electron chi connectivity index (χ3n) is 5.90. The molecule has 0 aromatic heterocycles. The Bertz CT molecular complexity index is 889. The normalized spacial score (nSPS) is 21.6. The van der Waals surface area contributed by atoms with Crippen LogP contribution in [0.3, 0.4) is 0 Å². The molecule has 1 saturated heterocycles. The van der Waals surface area contributed by atoms with E-state index in [1.54, 1.807) is 29.2 Å². The molecule has 1 aliphatic rings. The van der Waals surface area contributed by atoms with E-state index in [0.29, 0.717) is 11.1 Å². The van der Waals surface area contributed by atoms with E-state index < -0.39 is 17.1 Å². The molecule has 1 fully saturated rings. The minimum absolute atomic E-state index is 0.00127. The summed E-state index contributed by atoms with van der Waals surface area (Å²) in [4.78, 5) is 26.7. The van der Waals surface area contributed by atoms with Crippen LogP contribution in [0.1, 0.15) is 62.0 Å². The van der Waals surface area contributed by atoms with E-state index in [0.717, 1.165) is 5.56 Å². The highest BCUT2D eigenvalue weighted by atomic mass is 16.5. The number of nitrogens with zero attached hydrogens (tertiary/aromatic N) is 1. The van der Waals surface area contributed by atoms with Crippen LogP contribution in [0.4, 0.5) is 0 Å². The molecule has 0 aliphatic carbocycles. The van der Waals surface area contributed by atoms with Gasteiger partial charge in [0, 0.05) is 12.0 Å². The summed E-state index contributed by atoms with van der Waals surface area (Å²) in [6.07, 6.45) is 0. The van der Waals surface area contributed by atoms with Gasteiger partial charge in [-0.3, -0.25) is 4.79 Å². The van der Waals surface area contributed by atoms with Crippen molar-refractivity contribution in [1.82, 2.24) is 4.90 Å².